The van der Waals surface area contributed by atoms with Crippen LogP contribution in [0, 0.1) is 12.3 Å². The molecule has 3 rings (SSSR count). The van der Waals surface area contributed by atoms with Crippen LogP contribution in [-0.4, -0.2) is 39.4 Å². The van der Waals surface area contributed by atoms with E-state index in [9.17, 15) is 0 Å². The monoisotopic (exact) mass is 507 g/mol. The fraction of sp³-hybridized carbons (Fsp3) is 0.318. The molecule has 0 aliphatic carbocycles. The molecule has 0 spiro atoms. The molecule has 0 unspecified atom stereocenters. The number of anilines is 1. The lowest BCUT2D eigenvalue weighted by Gasteiger charge is -2.14. The van der Waals surface area contributed by atoms with Gasteiger partial charge >= 0.3 is 0 Å². The van der Waals surface area contributed by atoms with Crippen LogP contribution in [0.25, 0.3) is 0 Å². The Morgan fingerprint density at radius 3 is 2.62 bits per heavy atom. The number of aliphatic imine (C=N–C) groups is 1. The maximum atomic E-state index is 5.73. The van der Waals surface area contributed by atoms with E-state index in [1.165, 1.54) is 5.56 Å². The Labute approximate surface area is 189 Å². The summed E-state index contributed by atoms with van der Waals surface area (Å²) in [6.07, 6.45) is 6.94. The number of guanidine groups is 1. The maximum absolute atomic E-state index is 5.73. The van der Waals surface area contributed by atoms with Crippen molar-refractivity contribution < 1.29 is 14.2 Å². The molecule has 0 bridgehead atoms. The molecule has 29 heavy (non-hydrogen) atoms. The van der Waals surface area contributed by atoms with Crippen molar-refractivity contribution in [2.24, 2.45) is 4.99 Å². The van der Waals surface area contributed by atoms with Gasteiger partial charge in [0.15, 0.2) is 17.5 Å². The van der Waals surface area contributed by atoms with Crippen LogP contribution in [0.4, 0.5) is 5.69 Å². The zero-order valence-corrected chi connectivity index (χ0v) is 18.8. The van der Waals surface area contributed by atoms with Crippen molar-refractivity contribution in [1.29, 1.82) is 0 Å². The van der Waals surface area contributed by atoms with E-state index >= 15 is 0 Å². The Balaban J connectivity index is 0.00000300. The zero-order valence-electron chi connectivity index (χ0n) is 16.4. The number of nitrogens with zero attached hydrogens (tertiary/aromatic N) is 1. The third-order valence-electron chi connectivity index (χ3n) is 4.19. The fourth-order valence-electron chi connectivity index (χ4n) is 2.76. The van der Waals surface area contributed by atoms with Crippen molar-refractivity contribution in [3.05, 3.63) is 48.0 Å². The van der Waals surface area contributed by atoms with Gasteiger partial charge in [-0.1, -0.05) is 18.1 Å². The molecule has 0 aromatic heterocycles. The minimum atomic E-state index is 0. The van der Waals surface area contributed by atoms with Gasteiger partial charge in [0.25, 0.3) is 0 Å². The molecule has 1 heterocycles. The quantitative estimate of drug-likeness (QED) is 0.270. The molecule has 6 nitrogen and oxygen atoms in total. The van der Waals surface area contributed by atoms with E-state index in [2.05, 4.69) is 21.5 Å². The molecule has 0 radical (unpaired) electrons. The standard InChI is InChI=1S/C22H25N3O3.HI/c1-3-13-26-19-8-5-17(6-9-19)11-12-24-22(23-2)25-18-7-10-20-21(16-18)28-15-4-14-27-20;/h1,5-10,16H,4,11-15H2,2H3,(H2,23,24,25);1H. The van der Waals surface area contributed by atoms with Crippen LogP contribution >= 0.6 is 24.0 Å². The Hall–Kier alpha value is -2.60. The fourth-order valence-corrected chi connectivity index (χ4v) is 2.76. The van der Waals surface area contributed by atoms with Crippen LogP contribution in [0.1, 0.15) is 12.0 Å². The van der Waals surface area contributed by atoms with E-state index in [4.69, 9.17) is 20.6 Å². The van der Waals surface area contributed by atoms with Gasteiger partial charge in [-0.3, -0.25) is 4.99 Å². The van der Waals surface area contributed by atoms with Gasteiger partial charge in [-0.2, -0.15) is 0 Å². The lowest BCUT2D eigenvalue weighted by molar-refractivity contribution is 0.297. The molecule has 154 valence electrons. The predicted octanol–water partition coefficient (Wildman–Crippen LogP) is 3.71. The normalized spacial score (nSPS) is 12.8. The van der Waals surface area contributed by atoms with Gasteiger partial charge in [-0.25, -0.2) is 0 Å². The third kappa shape index (κ3) is 7.06. The van der Waals surface area contributed by atoms with Gasteiger partial charge in [-0.05, 0) is 36.2 Å². The average molecular weight is 507 g/mol. The van der Waals surface area contributed by atoms with E-state index in [1.807, 2.05) is 42.5 Å². The molecule has 1 aliphatic rings. The number of fused-ring (bicyclic) bond motifs is 1. The Morgan fingerprint density at radius 2 is 1.90 bits per heavy atom. The molecule has 1 aliphatic heterocycles. The van der Waals surface area contributed by atoms with Crippen LogP contribution in [0.5, 0.6) is 17.2 Å². The minimum absolute atomic E-state index is 0. The summed E-state index contributed by atoms with van der Waals surface area (Å²) in [5.74, 6) is 5.47. The van der Waals surface area contributed by atoms with E-state index in [-0.39, 0.29) is 30.6 Å². The first kappa shape index (κ1) is 22.7. The molecule has 0 atom stereocenters. The smallest absolute Gasteiger partial charge is 0.195 e. The molecule has 2 aromatic rings. The number of hydrogen-bond donors (Lipinski definition) is 2. The molecule has 0 saturated carbocycles. The minimum Gasteiger partial charge on any atom is -0.490 e. The largest absolute Gasteiger partial charge is 0.490 e. The van der Waals surface area contributed by atoms with Crippen LogP contribution in [0.3, 0.4) is 0 Å². The Bertz CT molecular complexity index is 847. The van der Waals surface area contributed by atoms with E-state index in [0.717, 1.165) is 42.3 Å². The molecule has 2 aromatic carbocycles. The SMILES string of the molecule is C#CCOc1ccc(CCNC(=NC)Nc2ccc3c(c2)OCCCO3)cc1.I. The summed E-state index contributed by atoms with van der Waals surface area (Å²) in [5.41, 5.74) is 2.10. The highest BCUT2D eigenvalue weighted by molar-refractivity contribution is 14.0. The summed E-state index contributed by atoms with van der Waals surface area (Å²) in [4.78, 5) is 4.28. The highest BCUT2D eigenvalue weighted by Crippen LogP contribution is 2.32. The molecule has 0 saturated heterocycles. The van der Waals surface area contributed by atoms with Crippen LogP contribution < -0.4 is 24.8 Å². The van der Waals surface area contributed by atoms with Crippen molar-refractivity contribution in [2.75, 3.05) is 38.7 Å². The number of hydrogen-bond acceptors (Lipinski definition) is 4. The number of rotatable bonds is 6. The summed E-state index contributed by atoms with van der Waals surface area (Å²) >= 11 is 0. The molecule has 0 amide bonds. The van der Waals surface area contributed by atoms with Crippen LogP contribution in [0.2, 0.25) is 0 Å². The summed E-state index contributed by atoms with van der Waals surface area (Å²) in [6.45, 7) is 2.37. The molecule has 0 fully saturated rings. The molecule has 2 N–H and O–H groups in total. The zero-order chi connectivity index (χ0) is 19.6. The number of benzene rings is 2. The second kappa shape index (κ2) is 12.1. The molecular formula is C22H26IN3O3. The van der Waals surface area contributed by atoms with Crippen molar-refractivity contribution in [3.63, 3.8) is 0 Å². The first-order valence-electron chi connectivity index (χ1n) is 9.31. The van der Waals surface area contributed by atoms with Crippen LogP contribution in [-0.2, 0) is 6.42 Å². The van der Waals surface area contributed by atoms with Gasteiger partial charge in [0.2, 0.25) is 0 Å². The lowest BCUT2D eigenvalue weighted by atomic mass is 10.1. The summed E-state index contributed by atoms with van der Waals surface area (Å²) < 4.78 is 16.8. The predicted molar refractivity (Wildman–Crippen MR) is 127 cm³/mol. The highest BCUT2D eigenvalue weighted by Gasteiger charge is 2.11. The van der Waals surface area contributed by atoms with Gasteiger partial charge in [0, 0.05) is 31.8 Å². The van der Waals surface area contributed by atoms with Crippen molar-refractivity contribution in [1.82, 2.24) is 5.32 Å². The van der Waals surface area contributed by atoms with Crippen LogP contribution in [0.15, 0.2) is 47.5 Å². The highest BCUT2D eigenvalue weighted by atomic mass is 127. The van der Waals surface area contributed by atoms with Gasteiger partial charge in [-0.15, -0.1) is 30.4 Å². The van der Waals surface area contributed by atoms with Gasteiger partial charge in [0.05, 0.1) is 13.2 Å². The Kier molecular flexibility index (Phi) is 9.44. The third-order valence-corrected chi connectivity index (χ3v) is 4.19. The second-order valence-electron chi connectivity index (χ2n) is 6.22. The number of halogens is 1. The van der Waals surface area contributed by atoms with E-state index in [0.29, 0.717) is 19.2 Å². The van der Waals surface area contributed by atoms with E-state index < -0.39 is 0 Å². The Morgan fingerprint density at radius 1 is 1.14 bits per heavy atom. The topological polar surface area (TPSA) is 64.1 Å². The summed E-state index contributed by atoms with van der Waals surface area (Å²) in [7, 11) is 1.75. The molecular weight excluding hydrogens is 481 g/mol. The second-order valence-corrected chi connectivity index (χ2v) is 6.22. The summed E-state index contributed by atoms with van der Waals surface area (Å²) in [6, 6.07) is 13.7. The van der Waals surface area contributed by atoms with E-state index in [1.54, 1.807) is 7.05 Å². The lowest BCUT2D eigenvalue weighted by Crippen LogP contribution is -2.32. The number of nitrogens with one attached hydrogen (secondary N) is 2. The molecule has 7 heteroatoms. The number of terminal acetylenes is 1. The maximum Gasteiger partial charge on any atom is 0.195 e. The van der Waals surface area contributed by atoms with Gasteiger partial charge < -0.3 is 24.8 Å². The number of ether oxygens (including phenoxy) is 3. The first-order valence-corrected chi connectivity index (χ1v) is 9.31. The van der Waals surface area contributed by atoms with Gasteiger partial charge in [0.1, 0.15) is 12.4 Å². The van der Waals surface area contributed by atoms with Crippen molar-refractivity contribution in [2.45, 2.75) is 12.8 Å². The average Bonchev–Trinajstić information content (AvgIpc) is 2.97. The summed E-state index contributed by atoms with van der Waals surface area (Å²) in [5, 5.41) is 6.60. The van der Waals surface area contributed by atoms with Crippen molar-refractivity contribution >= 4 is 35.6 Å². The van der Waals surface area contributed by atoms with Crippen molar-refractivity contribution in [3.8, 4) is 29.6 Å². The first-order chi connectivity index (χ1) is 13.8.